The Balaban J connectivity index is 1.72. The fourth-order valence-electron chi connectivity index (χ4n) is 2.88. The first-order valence-electron chi connectivity index (χ1n) is 9.49. The zero-order valence-corrected chi connectivity index (χ0v) is 18.2. The number of hydrogen-bond donors (Lipinski definition) is 3. The molecule has 168 valence electrons. The maximum absolute atomic E-state index is 13.9. The molecule has 0 saturated heterocycles. The van der Waals surface area contributed by atoms with E-state index in [2.05, 4.69) is 25.3 Å². The minimum absolute atomic E-state index is 0.253. The highest BCUT2D eigenvalue weighted by Gasteiger charge is 2.28. The van der Waals surface area contributed by atoms with Gasteiger partial charge in [-0.3, -0.25) is 9.59 Å². The zero-order chi connectivity index (χ0) is 23.4. The lowest BCUT2D eigenvalue weighted by molar-refractivity contribution is -0.118. The molecule has 0 aliphatic rings. The highest BCUT2D eigenvalue weighted by atomic mass is 32.1. The Labute approximate surface area is 186 Å². The average Bonchev–Trinajstić information content (AvgIpc) is 3.40. The summed E-state index contributed by atoms with van der Waals surface area (Å²) in [6.45, 7) is 3.37. The normalized spacial score (nSPS) is 11.8. The van der Waals surface area contributed by atoms with Gasteiger partial charge in [0.15, 0.2) is 5.13 Å². The van der Waals surface area contributed by atoms with Crippen LogP contribution in [0.15, 0.2) is 35.8 Å². The Kier molecular flexibility index (Phi) is 6.98. The molecule has 0 aliphatic heterocycles. The van der Waals surface area contributed by atoms with Gasteiger partial charge >= 0.3 is 5.97 Å². The number of carbonyl (C=O) groups is 3. The monoisotopic (exact) mass is 462 g/mol. The second-order valence-corrected chi connectivity index (χ2v) is 7.97. The first kappa shape index (κ1) is 23.1. The molecule has 1 unspecified atom stereocenters. The highest BCUT2D eigenvalue weighted by Crippen LogP contribution is 2.26. The van der Waals surface area contributed by atoms with Crippen molar-refractivity contribution in [2.45, 2.75) is 19.9 Å². The molecule has 3 aromatic rings. The predicted octanol–water partition coefficient (Wildman–Crippen LogP) is 3.60. The van der Waals surface area contributed by atoms with Crippen LogP contribution in [0.25, 0.3) is 11.3 Å². The second kappa shape index (κ2) is 9.69. The molecule has 8 nitrogen and oxygen atoms in total. The third kappa shape index (κ3) is 4.99. The van der Waals surface area contributed by atoms with Crippen molar-refractivity contribution in [3.05, 3.63) is 58.7 Å². The summed E-state index contributed by atoms with van der Waals surface area (Å²) in [4.78, 5) is 43.8. The van der Waals surface area contributed by atoms with E-state index in [1.165, 1.54) is 7.11 Å². The summed E-state index contributed by atoms with van der Waals surface area (Å²) in [5.74, 6) is -4.56. The summed E-state index contributed by atoms with van der Waals surface area (Å²) < 4.78 is 32.4. The summed E-state index contributed by atoms with van der Waals surface area (Å²) >= 11 is 1.14. The van der Waals surface area contributed by atoms with E-state index >= 15 is 0 Å². The van der Waals surface area contributed by atoms with Gasteiger partial charge in [0, 0.05) is 17.1 Å². The quantitative estimate of drug-likeness (QED) is 0.465. The number of anilines is 1. The summed E-state index contributed by atoms with van der Waals surface area (Å²) in [6.07, 6.45) is 1.58. The third-order valence-corrected chi connectivity index (χ3v) is 5.30. The highest BCUT2D eigenvalue weighted by molar-refractivity contribution is 7.14. The molecule has 32 heavy (non-hydrogen) atoms. The van der Waals surface area contributed by atoms with Gasteiger partial charge < -0.3 is 20.4 Å². The van der Waals surface area contributed by atoms with E-state index in [1.54, 1.807) is 31.5 Å². The molecule has 2 aromatic heterocycles. The number of methoxy groups -OCH3 is 1. The molecule has 2 amide bonds. The van der Waals surface area contributed by atoms with E-state index in [4.69, 9.17) is 0 Å². The molecule has 0 spiro atoms. The van der Waals surface area contributed by atoms with Gasteiger partial charge in [0.2, 0.25) is 5.91 Å². The summed E-state index contributed by atoms with van der Waals surface area (Å²) in [5.41, 5.74) is 0.626. The van der Waals surface area contributed by atoms with E-state index < -0.39 is 41.0 Å². The smallest absolute Gasteiger partial charge is 0.354 e. The van der Waals surface area contributed by atoms with Crippen molar-refractivity contribution < 1.29 is 27.9 Å². The van der Waals surface area contributed by atoms with Crippen molar-refractivity contribution >= 4 is 34.3 Å². The Morgan fingerprint density at radius 3 is 2.50 bits per heavy atom. The third-order valence-electron chi connectivity index (χ3n) is 4.54. The lowest BCUT2D eigenvalue weighted by Gasteiger charge is -2.21. The van der Waals surface area contributed by atoms with E-state index in [-0.39, 0.29) is 16.7 Å². The van der Waals surface area contributed by atoms with Gasteiger partial charge in [0.1, 0.15) is 28.9 Å². The lowest BCUT2D eigenvalue weighted by atomic mass is 10.0. The molecule has 0 saturated carbocycles. The van der Waals surface area contributed by atoms with Crippen LogP contribution in [0.2, 0.25) is 0 Å². The first-order chi connectivity index (χ1) is 15.2. The molecule has 0 aliphatic carbocycles. The fourth-order valence-corrected chi connectivity index (χ4v) is 3.60. The first-order valence-corrected chi connectivity index (χ1v) is 10.4. The Morgan fingerprint density at radius 2 is 1.88 bits per heavy atom. The van der Waals surface area contributed by atoms with Crippen molar-refractivity contribution in [2.75, 3.05) is 12.4 Å². The maximum atomic E-state index is 13.9. The number of benzene rings is 1. The van der Waals surface area contributed by atoms with Gasteiger partial charge in [-0.15, -0.1) is 11.3 Å². The average molecular weight is 462 g/mol. The molecule has 0 bridgehead atoms. The number of hydrogen-bond acceptors (Lipinski definition) is 6. The van der Waals surface area contributed by atoms with Crippen molar-refractivity contribution in [1.82, 2.24) is 15.3 Å². The van der Waals surface area contributed by atoms with Crippen molar-refractivity contribution in [1.29, 1.82) is 0 Å². The van der Waals surface area contributed by atoms with Crippen LogP contribution in [0, 0.1) is 17.6 Å². The Morgan fingerprint density at radius 1 is 1.19 bits per heavy atom. The van der Waals surface area contributed by atoms with Crippen LogP contribution in [0.1, 0.15) is 34.7 Å². The molecule has 11 heteroatoms. The number of rotatable bonds is 7. The molecule has 0 fully saturated rings. The molecule has 1 aromatic carbocycles. The van der Waals surface area contributed by atoms with Crippen LogP contribution in [0.4, 0.5) is 13.9 Å². The predicted molar refractivity (Wildman–Crippen MR) is 114 cm³/mol. The molecule has 1 atom stereocenters. The van der Waals surface area contributed by atoms with Gasteiger partial charge in [0.25, 0.3) is 5.91 Å². The van der Waals surface area contributed by atoms with E-state index in [9.17, 15) is 23.2 Å². The van der Waals surface area contributed by atoms with Gasteiger partial charge in [-0.2, -0.15) is 0 Å². The topological polar surface area (TPSA) is 113 Å². The van der Waals surface area contributed by atoms with Crippen LogP contribution in [0.3, 0.4) is 0 Å². The van der Waals surface area contributed by atoms with Crippen LogP contribution >= 0.6 is 11.3 Å². The van der Waals surface area contributed by atoms with E-state index in [0.717, 1.165) is 29.5 Å². The molecule has 0 radical (unpaired) electrons. The number of H-pyrrole nitrogens is 1. The summed E-state index contributed by atoms with van der Waals surface area (Å²) in [5, 5.41) is 6.92. The Hall–Kier alpha value is -3.60. The molecule has 3 N–H and O–H groups in total. The van der Waals surface area contributed by atoms with Gasteiger partial charge in [-0.1, -0.05) is 19.9 Å². The summed E-state index contributed by atoms with van der Waals surface area (Å²) in [7, 11) is 1.27. The van der Waals surface area contributed by atoms with Crippen molar-refractivity contribution in [3.63, 3.8) is 0 Å². The summed E-state index contributed by atoms with van der Waals surface area (Å²) in [6, 6.07) is 3.57. The second-order valence-electron chi connectivity index (χ2n) is 7.11. The minimum atomic E-state index is -1.06. The zero-order valence-electron chi connectivity index (χ0n) is 17.4. The maximum Gasteiger partial charge on any atom is 0.354 e. The van der Waals surface area contributed by atoms with Gasteiger partial charge in [-0.25, -0.2) is 18.6 Å². The number of nitrogens with one attached hydrogen (secondary N) is 3. The van der Waals surface area contributed by atoms with Gasteiger partial charge in [0.05, 0.1) is 12.8 Å². The number of ether oxygens (including phenoxy) is 1. The van der Waals surface area contributed by atoms with Crippen LogP contribution in [-0.2, 0) is 9.53 Å². The molecular weight excluding hydrogens is 442 g/mol. The number of aromatic amines is 1. The molecule has 2 heterocycles. The SMILES string of the molecule is COC(=O)c1cc(-c2csc(NC(=O)C(NC(=O)c3c(F)cccc3F)C(C)C)n2)c[nH]1. The van der Waals surface area contributed by atoms with E-state index in [1.807, 2.05) is 0 Å². The standard InChI is InChI=1S/C21H20F2N4O4S/c1-10(2)17(26-18(28)16-12(22)5-4-6-13(16)23)19(29)27-21-25-15(9-32-21)11-7-14(24-8-11)20(30)31-3/h4-10,17,24H,1-3H3,(H,26,28)(H,25,27,29). The number of thiazole rings is 1. The van der Waals surface area contributed by atoms with Crippen molar-refractivity contribution in [2.24, 2.45) is 5.92 Å². The largest absolute Gasteiger partial charge is 0.464 e. The van der Waals surface area contributed by atoms with Crippen LogP contribution in [0.5, 0.6) is 0 Å². The number of carbonyl (C=O) groups excluding carboxylic acids is 3. The van der Waals surface area contributed by atoms with Gasteiger partial charge in [-0.05, 0) is 24.1 Å². The number of aromatic nitrogens is 2. The minimum Gasteiger partial charge on any atom is -0.464 e. The van der Waals surface area contributed by atoms with Crippen molar-refractivity contribution in [3.8, 4) is 11.3 Å². The number of esters is 1. The molecule has 3 rings (SSSR count). The fraction of sp³-hybridized carbons (Fsp3) is 0.238. The number of amides is 2. The Bertz CT molecular complexity index is 1140. The lowest BCUT2D eigenvalue weighted by Crippen LogP contribution is -2.47. The number of nitrogens with zero attached hydrogens (tertiary/aromatic N) is 1. The number of halogens is 2. The van der Waals surface area contributed by atoms with E-state index in [0.29, 0.717) is 11.3 Å². The van der Waals surface area contributed by atoms with Crippen LogP contribution in [-0.4, -0.2) is 40.9 Å². The molecular formula is C21H20F2N4O4S. The van der Waals surface area contributed by atoms with Crippen LogP contribution < -0.4 is 10.6 Å².